The Morgan fingerprint density at radius 3 is 2.65 bits per heavy atom. The second-order valence-electron chi connectivity index (χ2n) is 5.46. The summed E-state index contributed by atoms with van der Waals surface area (Å²) in [5, 5.41) is 13.0. The molecule has 0 saturated carbocycles. The van der Waals surface area contributed by atoms with Crippen molar-refractivity contribution in [1.29, 1.82) is 5.26 Å². The van der Waals surface area contributed by atoms with Gasteiger partial charge in [-0.1, -0.05) is 5.16 Å². The molecule has 0 N–H and O–H groups in total. The second-order valence-corrected chi connectivity index (χ2v) is 5.46. The lowest BCUT2D eigenvalue weighted by atomic mass is 10.1. The molecule has 1 saturated heterocycles. The van der Waals surface area contributed by atoms with Crippen molar-refractivity contribution in [3.63, 3.8) is 0 Å². The Morgan fingerprint density at radius 2 is 2.04 bits per heavy atom. The maximum absolute atomic E-state index is 12.6. The van der Waals surface area contributed by atoms with Crippen molar-refractivity contribution < 1.29 is 9.32 Å². The number of carbonyl (C=O) groups is 1. The zero-order valence-corrected chi connectivity index (χ0v) is 13.1. The first-order valence-corrected chi connectivity index (χ1v) is 7.44. The number of nitrogens with zero attached hydrogens (tertiary/aromatic N) is 5. The van der Waals surface area contributed by atoms with E-state index in [4.69, 9.17) is 4.52 Å². The van der Waals surface area contributed by atoms with Gasteiger partial charge in [0.25, 0.3) is 5.91 Å². The molecule has 0 spiro atoms. The number of rotatable bonds is 2. The molecule has 0 bridgehead atoms. The van der Waals surface area contributed by atoms with Gasteiger partial charge in [0.15, 0.2) is 0 Å². The molecule has 3 heterocycles. The van der Waals surface area contributed by atoms with Gasteiger partial charge >= 0.3 is 0 Å². The van der Waals surface area contributed by atoms with Crippen LogP contribution in [0.25, 0.3) is 0 Å². The Kier molecular flexibility index (Phi) is 3.98. The lowest BCUT2D eigenvalue weighted by Gasteiger charge is -2.35. The highest BCUT2D eigenvalue weighted by atomic mass is 16.5. The van der Waals surface area contributed by atoms with Gasteiger partial charge in [0, 0.05) is 32.4 Å². The first kappa shape index (κ1) is 15.0. The molecule has 23 heavy (non-hydrogen) atoms. The molecule has 2 aromatic heterocycles. The average Bonchev–Trinajstić information content (AvgIpc) is 2.93. The predicted molar refractivity (Wildman–Crippen MR) is 83.0 cm³/mol. The van der Waals surface area contributed by atoms with Crippen LogP contribution in [-0.2, 0) is 0 Å². The minimum absolute atomic E-state index is 0.0533. The van der Waals surface area contributed by atoms with Gasteiger partial charge in [-0.05, 0) is 26.0 Å². The number of hydrogen-bond donors (Lipinski definition) is 0. The number of amides is 1. The zero-order chi connectivity index (χ0) is 16.4. The molecule has 0 unspecified atom stereocenters. The smallest absolute Gasteiger partial charge is 0.259 e. The molecule has 0 aromatic carbocycles. The number of anilines is 1. The van der Waals surface area contributed by atoms with Crippen LogP contribution in [0.15, 0.2) is 22.9 Å². The van der Waals surface area contributed by atoms with Crippen LogP contribution < -0.4 is 4.90 Å². The van der Waals surface area contributed by atoms with E-state index in [-0.39, 0.29) is 5.91 Å². The van der Waals surface area contributed by atoms with E-state index in [0.29, 0.717) is 54.6 Å². The SMILES string of the molecule is Cc1noc(C)c1C(=O)N1CCN(c2ncccc2C#N)CC1. The normalized spacial score (nSPS) is 14.7. The Balaban J connectivity index is 1.72. The van der Waals surface area contributed by atoms with E-state index in [1.54, 1.807) is 37.1 Å². The predicted octanol–water partition coefficient (Wildman–Crippen LogP) is 1.52. The monoisotopic (exact) mass is 311 g/mol. The summed E-state index contributed by atoms with van der Waals surface area (Å²) >= 11 is 0. The first-order chi connectivity index (χ1) is 11.1. The Morgan fingerprint density at radius 1 is 1.30 bits per heavy atom. The molecule has 118 valence electrons. The summed E-state index contributed by atoms with van der Waals surface area (Å²) < 4.78 is 5.07. The quantitative estimate of drug-likeness (QED) is 0.836. The van der Waals surface area contributed by atoms with Crippen LogP contribution in [0.5, 0.6) is 0 Å². The van der Waals surface area contributed by atoms with Crippen molar-refractivity contribution in [2.45, 2.75) is 13.8 Å². The minimum atomic E-state index is -0.0533. The molecular weight excluding hydrogens is 294 g/mol. The highest BCUT2D eigenvalue weighted by molar-refractivity contribution is 5.96. The van der Waals surface area contributed by atoms with Crippen LogP contribution >= 0.6 is 0 Å². The zero-order valence-electron chi connectivity index (χ0n) is 13.1. The summed E-state index contributed by atoms with van der Waals surface area (Å²) in [6.07, 6.45) is 1.68. The third-order valence-corrected chi connectivity index (χ3v) is 4.02. The van der Waals surface area contributed by atoms with Gasteiger partial charge in [-0.15, -0.1) is 0 Å². The molecule has 1 aliphatic rings. The number of aryl methyl sites for hydroxylation is 2. The Bertz CT molecular complexity index is 750. The molecular formula is C16H17N5O2. The number of pyridine rings is 1. The largest absolute Gasteiger partial charge is 0.361 e. The molecule has 2 aromatic rings. The standard InChI is InChI=1S/C16H17N5O2/c1-11-14(12(2)23-19-11)16(22)21-8-6-20(7-9-21)15-13(10-17)4-3-5-18-15/h3-5H,6-9H2,1-2H3. The van der Waals surface area contributed by atoms with Crippen LogP contribution in [0.4, 0.5) is 5.82 Å². The van der Waals surface area contributed by atoms with Crippen LogP contribution in [0.2, 0.25) is 0 Å². The highest BCUT2D eigenvalue weighted by Crippen LogP contribution is 2.20. The van der Waals surface area contributed by atoms with E-state index in [1.807, 2.05) is 4.90 Å². The fourth-order valence-electron chi connectivity index (χ4n) is 2.80. The molecule has 1 amide bonds. The van der Waals surface area contributed by atoms with E-state index in [9.17, 15) is 10.1 Å². The van der Waals surface area contributed by atoms with Gasteiger partial charge in [-0.2, -0.15) is 5.26 Å². The fourth-order valence-corrected chi connectivity index (χ4v) is 2.80. The number of nitriles is 1. The van der Waals surface area contributed by atoms with Crippen molar-refractivity contribution in [3.8, 4) is 6.07 Å². The number of aromatic nitrogens is 2. The van der Waals surface area contributed by atoms with E-state index in [0.717, 1.165) is 0 Å². The van der Waals surface area contributed by atoms with Gasteiger partial charge in [-0.25, -0.2) is 4.98 Å². The van der Waals surface area contributed by atoms with Crippen molar-refractivity contribution >= 4 is 11.7 Å². The van der Waals surface area contributed by atoms with Gasteiger partial charge in [0.1, 0.15) is 23.2 Å². The Hall–Kier alpha value is -2.88. The summed E-state index contributed by atoms with van der Waals surface area (Å²) in [5.74, 6) is 1.17. The van der Waals surface area contributed by atoms with Crippen molar-refractivity contribution in [3.05, 3.63) is 40.9 Å². The van der Waals surface area contributed by atoms with Gasteiger partial charge in [0.05, 0.1) is 11.3 Å². The molecule has 1 fully saturated rings. The maximum atomic E-state index is 12.6. The lowest BCUT2D eigenvalue weighted by molar-refractivity contribution is 0.0744. The van der Waals surface area contributed by atoms with E-state index >= 15 is 0 Å². The summed E-state index contributed by atoms with van der Waals surface area (Å²) in [4.78, 5) is 20.7. The van der Waals surface area contributed by atoms with Crippen molar-refractivity contribution in [1.82, 2.24) is 15.0 Å². The first-order valence-electron chi connectivity index (χ1n) is 7.44. The Labute approximate surface area is 134 Å². The maximum Gasteiger partial charge on any atom is 0.259 e. The van der Waals surface area contributed by atoms with Crippen LogP contribution in [0.3, 0.4) is 0 Å². The van der Waals surface area contributed by atoms with E-state index in [2.05, 4.69) is 16.2 Å². The molecule has 0 radical (unpaired) electrons. The number of hydrogen-bond acceptors (Lipinski definition) is 6. The topological polar surface area (TPSA) is 86.3 Å². The van der Waals surface area contributed by atoms with Crippen molar-refractivity contribution in [2.24, 2.45) is 0 Å². The lowest BCUT2D eigenvalue weighted by Crippen LogP contribution is -2.49. The van der Waals surface area contributed by atoms with Gasteiger partial charge in [-0.3, -0.25) is 4.79 Å². The molecule has 0 aliphatic carbocycles. The molecule has 0 atom stereocenters. The van der Waals surface area contributed by atoms with Crippen molar-refractivity contribution in [2.75, 3.05) is 31.1 Å². The highest BCUT2D eigenvalue weighted by Gasteiger charge is 2.27. The number of carbonyl (C=O) groups excluding carboxylic acids is 1. The van der Waals surface area contributed by atoms with E-state index in [1.165, 1.54) is 0 Å². The van der Waals surface area contributed by atoms with Crippen LogP contribution in [-0.4, -0.2) is 47.1 Å². The second kappa shape index (κ2) is 6.08. The summed E-state index contributed by atoms with van der Waals surface area (Å²) in [5.41, 5.74) is 1.72. The van der Waals surface area contributed by atoms with Gasteiger partial charge in [0.2, 0.25) is 0 Å². The third kappa shape index (κ3) is 2.75. The van der Waals surface area contributed by atoms with E-state index < -0.39 is 0 Å². The fraction of sp³-hybridized carbons (Fsp3) is 0.375. The molecule has 3 rings (SSSR count). The minimum Gasteiger partial charge on any atom is -0.361 e. The molecule has 7 heteroatoms. The summed E-state index contributed by atoms with van der Waals surface area (Å²) in [6.45, 7) is 5.94. The third-order valence-electron chi connectivity index (χ3n) is 4.02. The molecule has 1 aliphatic heterocycles. The summed E-state index contributed by atoms with van der Waals surface area (Å²) in [6, 6.07) is 5.66. The molecule has 7 nitrogen and oxygen atoms in total. The average molecular weight is 311 g/mol. The van der Waals surface area contributed by atoms with Crippen LogP contribution in [0.1, 0.15) is 27.4 Å². The van der Waals surface area contributed by atoms with Gasteiger partial charge < -0.3 is 14.3 Å². The van der Waals surface area contributed by atoms with Crippen LogP contribution in [0, 0.1) is 25.2 Å². The number of piperazine rings is 1. The summed E-state index contributed by atoms with van der Waals surface area (Å²) in [7, 11) is 0.